The van der Waals surface area contributed by atoms with Crippen LogP contribution in [0.5, 0.6) is 0 Å². The molecule has 0 bridgehead atoms. The quantitative estimate of drug-likeness (QED) is 0.247. The van der Waals surface area contributed by atoms with Gasteiger partial charge in [0.2, 0.25) is 16.9 Å². The second kappa shape index (κ2) is 13.3. The first-order valence-corrected chi connectivity index (χ1v) is 13.5. The van der Waals surface area contributed by atoms with Gasteiger partial charge >= 0.3 is 6.09 Å². The zero-order valence-electron chi connectivity index (χ0n) is 21.3. The van der Waals surface area contributed by atoms with E-state index < -0.39 is 34.6 Å². The fourth-order valence-corrected chi connectivity index (χ4v) is 5.07. The van der Waals surface area contributed by atoms with E-state index in [1.165, 1.54) is 0 Å². The summed E-state index contributed by atoms with van der Waals surface area (Å²) in [5, 5.41) is 8.22. The SMILES string of the molecule is CC(C)(COC(=O)N[C@@H](C[C@H]1CC=CCC1)C(=O)N[C@@H](C[C@@H]1CCNC1=O)C(=O)S)c1cccc(Cl)c1. The topological polar surface area (TPSA) is 114 Å². The molecule has 37 heavy (non-hydrogen) atoms. The number of nitrogens with one attached hydrogen (secondary N) is 3. The van der Waals surface area contributed by atoms with Gasteiger partial charge in [-0.15, -0.1) is 12.6 Å². The zero-order valence-corrected chi connectivity index (χ0v) is 22.9. The van der Waals surface area contributed by atoms with Gasteiger partial charge in [0.15, 0.2) is 0 Å². The Hall–Kier alpha value is -2.52. The maximum absolute atomic E-state index is 13.3. The monoisotopic (exact) mass is 549 g/mol. The molecule has 4 atom stereocenters. The molecule has 10 heteroatoms. The largest absolute Gasteiger partial charge is 0.449 e. The predicted molar refractivity (Wildman–Crippen MR) is 146 cm³/mol. The van der Waals surface area contributed by atoms with Gasteiger partial charge in [-0.1, -0.05) is 49.7 Å². The predicted octanol–water partition coefficient (Wildman–Crippen LogP) is 3.93. The van der Waals surface area contributed by atoms with Crippen molar-refractivity contribution < 1.29 is 23.9 Å². The van der Waals surface area contributed by atoms with Crippen LogP contribution in [0.15, 0.2) is 36.4 Å². The number of thiol groups is 1. The van der Waals surface area contributed by atoms with Crippen LogP contribution in [0, 0.1) is 11.8 Å². The Morgan fingerprint density at radius 2 is 1.95 bits per heavy atom. The molecule has 1 aromatic rings. The number of carbonyl (C=O) groups is 4. The molecule has 0 spiro atoms. The molecule has 0 aromatic heterocycles. The molecule has 1 heterocycles. The second-order valence-corrected chi connectivity index (χ2v) is 11.3. The molecule has 8 nitrogen and oxygen atoms in total. The van der Waals surface area contributed by atoms with Gasteiger partial charge in [-0.2, -0.15) is 0 Å². The second-order valence-electron chi connectivity index (χ2n) is 10.5. The molecule has 0 unspecified atom stereocenters. The minimum absolute atomic E-state index is 0.0776. The summed E-state index contributed by atoms with van der Waals surface area (Å²) in [6.45, 7) is 4.50. The van der Waals surface area contributed by atoms with Gasteiger partial charge in [0, 0.05) is 22.9 Å². The van der Waals surface area contributed by atoms with Crippen molar-refractivity contribution in [2.75, 3.05) is 13.2 Å². The van der Waals surface area contributed by atoms with Crippen molar-refractivity contribution in [1.82, 2.24) is 16.0 Å². The van der Waals surface area contributed by atoms with Crippen molar-refractivity contribution in [3.8, 4) is 0 Å². The molecular formula is C27H36ClN3O5S. The Balaban J connectivity index is 1.65. The van der Waals surface area contributed by atoms with Crippen molar-refractivity contribution >= 4 is 47.3 Å². The lowest BCUT2D eigenvalue weighted by molar-refractivity contribution is -0.128. The third-order valence-electron chi connectivity index (χ3n) is 7.02. The van der Waals surface area contributed by atoms with Crippen molar-refractivity contribution in [3.05, 3.63) is 47.0 Å². The summed E-state index contributed by atoms with van der Waals surface area (Å²) < 4.78 is 5.52. The van der Waals surface area contributed by atoms with Crippen LogP contribution >= 0.6 is 24.2 Å². The third-order valence-corrected chi connectivity index (χ3v) is 7.57. The maximum atomic E-state index is 13.3. The van der Waals surface area contributed by atoms with Crippen LogP contribution in [-0.2, 0) is 24.5 Å². The van der Waals surface area contributed by atoms with E-state index in [1.807, 2.05) is 32.0 Å². The van der Waals surface area contributed by atoms with Gasteiger partial charge in [0.1, 0.15) is 12.6 Å². The lowest BCUT2D eigenvalue weighted by Crippen LogP contribution is -2.52. The number of hydrogen-bond donors (Lipinski definition) is 4. The van der Waals surface area contributed by atoms with Crippen LogP contribution in [0.25, 0.3) is 0 Å². The Kier molecular flexibility index (Phi) is 10.5. The zero-order chi connectivity index (χ0) is 27.0. The number of allylic oxidation sites excluding steroid dienone is 2. The Labute approximate surface area is 228 Å². The van der Waals surface area contributed by atoms with E-state index in [4.69, 9.17) is 16.3 Å². The van der Waals surface area contributed by atoms with E-state index in [1.54, 1.807) is 6.07 Å². The number of alkyl carbamates (subject to hydrolysis) is 1. The van der Waals surface area contributed by atoms with Crippen molar-refractivity contribution in [3.63, 3.8) is 0 Å². The summed E-state index contributed by atoms with van der Waals surface area (Å²) in [5.74, 6) is -0.792. The number of hydrogen-bond acceptors (Lipinski definition) is 5. The minimum Gasteiger partial charge on any atom is -0.449 e. The maximum Gasteiger partial charge on any atom is 0.407 e. The molecule has 0 saturated carbocycles. The van der Waals surface area contributed by atoms with Gasteiger partial charge in [-0.25, -0.2) is 4.79 Å². The van der Waals surface area contributed by atoms with Crippen LogP contribution in [-0.4, -0.2) is 48.3 Å². The summed E-state index contributed by atoms with van der Waals surface area (Å²) in [6.07, 6.45) is 7.24. The molecule has 3 N–H and O–H groups in total. The number of amides is 3. The van der Waals surface area contributed by atoms with Crippen molar-refractivity contribution in [2.24, 2.45) is 11.8 Å². The number of halogens is 1. The highest BCUT2D eigenvalue weighted by Gasteiger charge is 2.33. The van der Waals surface area contributed by atoms with Crippen LogP contribution in [0.4, 0.5) is 4.79 Å². The molecule has 3 rings (SSSR count). The summed E-state index contributed by atoms with van der Waals surface area (Å²) in [4.78, 5) is 50.2. The highest BCUT2D eigenvalue weighted by Crippen LogP contribution is 2.27. The fourth-order valence-electron chi connectivity index (χ4n) is 4.71. The first-order valence-electron chi connectivity index (χ1n) is 12.7. The van der Waals surface area contributed by atoms with E-state index in [9.17, 15) is 19.2 Å². The first-order chi connectivity index (χ1) is 17.5. The minimum atomic E-state index is -0.932. The first kappa shape index (κ1) is 29.0. The molecule has 3 amide bonds. The lowest BCUT2D eigenvalue weighted by Gasteiger charge is -2.28. The number of ether oxygens (including phenoxy) is 1. The molecule has 1 aliphatic heterocycles. The fraction of sp³-hybridized carbons (Fsp3) is 0.556. The molecule has 1 aliphatic carbocycles. The molecular weight excluding hydrogens is 514 g/mol. The highest BCUT2D eigenvalue weighted by atomic mass is 35.5. The average Bonchev–Trinajstić information content (AvgIpc) is 3.26. The summed E-state index contributed by atoms with van der Waals surface area (Å²) in [7, 11) is 0. The number of carbonyl (C=O) groups excluding carboxylic acids is 4. The van der Waals surface area contributed by atoms with Gasteiger partial charge in [0.05, 0.1) is 6.04 Å². The molecule has 1 saturated heterocycles. The smallest absolute Gasteiger partial charge is 0.407 e. The van der Waals surface area contributed by atoms with E-state index in [-0.39, 0.29) is 30.8 Å². The van der Waals surface area contributed by atoms with Crippen molar-refractivity contribution in [2.45, 2.75) is 69.9 Å². The summed E-state index contributed by atoms with van der Waals surface area (Å²) >= 11 is 10.0. The van der Waals surface area contributed by atoms with E-state index in [0.717, 1.165) is 24.8 Å². The van der Waals surface area contributed by atoms with Crippen molar-refractivity contribution in [1.29, 1.82) is 0 Å². The summed E-state index contributed by atoms with van der Waals surface area (Å²) in [6, 6.07) is 5.53. The number of rotatable bonds is 11. The normalized spacial score (nSPS) is 21.0. The van der Waals surface area contributed by atoms with Gasteiger partial charge in [-0.3, -0.25) is 14.4 Å². The average molecular weight is 550 g/mol. The molecule has 1 fully saturated rings. The molecule has 202 valence electrons. The van der Waals surface area contributed by atoms with Gasteiger partial charge in [0.25, 0.3) is 0 Å². The van der Waals surface area contributed by atoms with E-state index >= 15 is 0 Å². The Bertz CT molecular complexity index is 1030. The van der Waals surface area contributed by atoms with Gasteiger partial charge in [-0.05, 0) is 62.1 Å². The van der Waals surface area contributed by atoms with Gasteiger partial charge < -0.3 is 20.7 Å². The van der Waals surface area contributed by atoms with Crippen LogP contribution in [0.2, 0.25) is 5.02 Å². The lowest BCUT2D eigenvalue weighted by atomic mass is 9.86. The molecule has 1 aromatic carbocycles. The highest BCUT2D eigenvalue weighted by molar-refractivity contribution is 7.96. The van der Waals surface area contributed by atoms with Crippen LogP contribution < -0.4 is 16.0 Å². The summed E-state index contributed by atoms with van der Waals surface area (Å²) in [5.41, 5.74) is 0.418. The molecule has 2 aliphatic rings. The number of benzene rings is 1. The molecule has 0 radical (unpaired) electrons. The van der Waals surface area contributed by atoms with Crippen LogP contribution in [0.3, 0.4) is 0 Å². The van der Waals surface area contributed by atoms with Crippen LogP contribution in [0.1, 0.15) is 57.9 Å². The standard InChI is InChI=1S/C27H36ClN3O5S/c1-27(2,19-9-6-10-20(28)15-19)16-36-26(35)31-21(13-17-7-4-3-5-8-17)24(33)30-22(25(34)37)14-18-11-12-29-23(18)32/h3-4,6,9-10,15,17-18,21-22H,5,7-8,11-14,16H2,1-2H3,(H,29,32)(H,30,33)(H,31,35)(H,34,37)/t17-,18-,21-,22-/m0/s1. The van der Waals surface area contributed by atoms with E-state index in [2.05, 4.69) is 40.7 Å². The van der Waals surface area contributed by atoms with E-state index in [0.29, 0.717) is 24.4 Å². The Morgan fingerprint density at radius 3 is 2.57 bits per heavy atom. The third kappa shape index (κ3) is 8.78. The Morgan fingerprint density at radius 1 is 1.16 bits per heavy atom.